The summed E-state index contributed by atoms with van der Waals surface area (Å²) in [6, 6.07) is 46.2. The van der Waals surface area contributed by atoms with Gasteiger partial charge in [-0.3, -0.25) is 4.98 Å². The van der Waals surface area contributed by atoms with Crippen molar-refractivity contribution in [1.29, 1.82) is 0 Å². The lowest BCUT2D eigenvalue weighted by Crippen LogP contribution is -2.36. The molecule has 1 aliphatic rings. The van der Waals surface area contributed by atoms with Crippen molar-refractivity contribution < 1.29 is 4.42 Å². The van der Waals surface area contributed by atoms with Crippen molar-refractivity contribution in [2.75, 3.05) is 0 Å². The van der Waals surface area contributed by atoms with Crippen LogP contribution in [0.3, 0.4) is 0 Å². The molecule has 0 spiro atoms. The van der Waals surface area contributed by atoms with Crippen LogP contribution in [0.5, 0.6) is 0 Å². The molecule has 0 radical (unpaired) electrons. The molecule has 1 aliphatic heterocycles. The molecule has 0 saturated heterocycles. The van der Waals surface area contributed by atoms with Crippen LogP contribution in [0.2, 0.25) is 0 Å². The lowest BCUT2D eigenvalue weighted by atomic mass is 9.98. The fraction of sp³-hybridized carbons (Fsp3) is 0.0250. The molecule has 0 bridgehead atoms. The predicted octanol–water partition coefficient (Wildman–Crippen LogP) is 9.45. The number of fused-ring (bicyclic) bond motifs is 5. The van der Waals surface area contributed by atoms with Crippen LogP contribution < -0.4 is 5.32 Å². The predicted molar refractivity (Wildman–Crippen MR) is 184 cm³/mol. The van der Waals surface area contributed by atoms with E-state index in [1.54, 1.807) is 6.20 Å². The van der Waals surface area contributed by atoms with Crippen molar-refractivity contribution in [2.24, 2.45) is 9.98 Å². The van der Waals surface area contributed by atoms with Gasteiger partial charge >= 0.3 is 0 Å². The number of nitrogens with one attached hydrogen (secondary N) is 1. The Labute approximate surface area is 259 Å². The molecule has 2 aromatic heterocycles. The molecule has 1 atom stereocenters. The Morgan fingerprint density at radius 1 is 0.511 bits per heavy atom. The number of pyridine rings is 1. The van der Waals surface area contributed by atoms with E-state index < -0.39 is 6.17 Å². The van der Waals surface area contributed by atoms with Gasteiger partial charge in [-0.2, -0.15) is 0 Å². The van der Waals surface area contributed by atoms with Gasteiger partial charge in [0.1, 0.15) is 17.3 Å². The standard InChI is InChI=1S/C40H26N4O/c1-2-10-27(11-3-1)38-42-39(44-40(43-38)32-16-8-14-25-9-6-7-15-31(25)32)28-19-17-26(18-20-28)34-23-41-24-36-37(34)33-21-29-12-4-5-13-30(29)22-35(33)45-36/h1-24,39H,(H,42,43,44). The van der Waals surface area contributed by atoms with E-state index in [9.17, 15) is 0 Å². The summed E-state index contributed by atoms with van der Waals surface area (Å²) in [5.41, 5.74) is 6.82. The number of hydrogen-bond donors (Lipinski definition) is 1. The van der Waals surface area contributed by atoms with Crippen molar-refractivity contribution in [1.82, 2.24) is 10.3 Å². The van der Waals surface area contributed by atoms with Gasteiger partial charge in [0, 0.05) is 33.7 Å². The van der Waals surface area contributed by atoms with Gasteiger partial charge < -0.3 is 9.73 Å². The van der Waals surface area contributed by atoms with Gasteiger partial charge in [-0.15, -0.1) is 0 Å². The molecule has 6 aromatic carbocycles. The molecular formula is C40H26N4O. The first kappa shape index (κ1) is 25.4. The molecular weight excluding hydrogens is 552 g/mol. The number of rotatable bonds is 4. The second kappa shape index (κ2) is 10.3. The molecule has 0 aliphatic carbocycles. The lowest BCUT2D eigenvalue weighted by Gasteiger charge is -2.23. The smallest absolute Gasteiger partial charge is 0.169 e. The molecule has 1 N–H and O–H groups in total. The van der Waals surface area contributed by atoms with Gasteiger partial charge in [-0.05, 0) is 44.8 Å². The minimum Gasteiger partial charge on any atom is -0.454 e. The van der Waals surface area contributed by atoms with Crippen LogP contribution >= 0.6 is 0 Å². The van der Waals surface area contributed by atoms with E-state index in [0.717, 1.165) is 72.2 Å². The molecule has 9 rings (SSSR count). The average molecular weight is 579 g/mol. The second-order valence-corrected chi connectivity index (χ2v) is 11.3. The molecule has 0 amide bonds. The summed E-state index contributed by atoms with van der Waals surface area (Å²) >= 11 is 0. The third kappa shape index (κ3) is 4.36. The molecule has 5 nitrogen and oxygen atoms in total. The number of amidine groups is 2. The molecule has 0 fully saturated rings. The van der Waals surface area contributed by atoms with E-state index >= 15 is 0 Å². The maximum absolute atomic E-state index is 6.27. The Hall–Kier alpha value is -6.07. The number of furan rings is 1. The van der Waals surface area contributed by atoms with Gasteiger partial charge in [0.2, 0.25) is 0 Å². The summed E-state index contributed by atoms with van der Waals surface area (Å²) in [7, 11) is 0. The number of hydrogen-bond acceptors (Lipinski definition) is 5. The van der Waals surface area contributed by atoms with Crippen LogP contribution in [-0.4, -0.2) is 16.7 Å². The molecule has 1 unspecified atom stereocenters. The van der Waals surface area contributed by atoms with Crippen molar-refractivity contribution in [3.05, 3.63) is 163 Å². The number of aromatic nitrogens is 1. The van der Waals surface area contributed by atoms with Crippen LogP contribution in [0, 0.1) is 0 Å². The van der Waals surface area contributed by atoms with E-state index in [-0.39, 0.29) is 0 Å². The van der Waals surface area contributed by atoms with Crippen molar-refractivity contribution in [2.45, 2.75) is 6.17 Å². The summed E-state index contributed by atoms with van der Waals surface area (Å²) in [4.78, 5) is 14.8. The zero-order valence-corrected chi connectivity index (χ0v) is 24.2. The zero-order chi connectivity index (χ0) is 29.7. The minimum absolute atomic E-state index is 0.403. The molecule has 5 heteroatoms. The SMILES string of the molecule is c1ccc(C2=NC(c3ccc(-c4cncc5oc6cc7ccccc7cc6c45)cc3)N=C(c3cccc4ccccc34)N2)cc1. The maximum Gasteiger partial charge on any atom is 0.169 e. The van der Waals surface area contributed by atoms with Gasteiger partial charge in [-0.25, -0.2) is 9.98 Å². The summed E-state index contributed by atoms with van der Waals surface area (Å²) in [5, 5.41) is 10.4. The number of aliphatic imine (C=N–C) groups is 2. The summed E-state index contributed by atoms with van der Waals surface area (Å²) in [6.45, 7) is 0. The van der Waals surface area contributed by atoms with E-state index in [0.29, 0.717) is 0 Å². The summed E-state index contributed by atoms with van der Waals surface area (Å²) in [6.07, 6.45) is 3.32. The van der Waals surface area contributed by atoms with E-state index in [1.807, 2.05) is 24.4 Å². The highest BCUT2D eigenvalue weighted by atomic mass is 16.3. The van der Waals surface area contributed by atoms with E-state index in [1.165, 1.54) is 10.8 Å². The average Bonchev–Trinajstić information content (AvgIpc) is 3.48. The van der Waals surface area contributed by atoms with E-state index in [4.69, 9.17) is 14.4 Å². The second-order valence-electron chi connectivity index (χ2n) is 11.3. The quantitative estimate of drug-likeness (QED) is 0.226. The van der Waals surface area contributed by atoms with Gasteiger partial charge in [0.05, 0.1) is 6.20 Å². The Bertz CT molecular complexity index is 2450. The topological polar surface area (TPSA) is 62.8 Å². The Balaban J connectivity index is 1.15. The monoisotopic (exact) mass is 578 g/mol. The fourth-order valence-corrected chi connectivity index (χ4v) is 6.38. The van der Waals surface area contributed by atoms with Crippen LogP contribution in [0.1, 0.15) is 22.9 Å². The molecule has 0 saturated carbocycles. The van der Waals surface area contributed by atoms with Crippen molar-refractivity contribution in [3.8, 4) is 11.1 Å². The van der Waals surface area contributed by atoms with Gasteiger partial charge in [0.15, 0.2) is 11.7 Å². The number of nitrogens with zero attached hydrogens (tertiary/aromatic N) is 3. The number of benzene rings is 6. The van der Waals surface area contributed by atoms with Crippen molar-refractivity contribution >= 4 is 55.2 Å². The van der Waals surface area contributed by atoms with Crippen LogP contribution in [0.15, 0.2) is 160 Å². The van der Waals surface area contributed by atoms with E-state index in [2.05, 4.69) is 126 Å². The van der Waals surface area contributed by atoms with Crippen LogP contribution in [-0.2, 0) is 0 Å². The highest BCUT2D eigenvalue weighted by Crippen LogP contribution is 2.38. The van der Waals surface area contributed by atoms with Gasteiger partial charge in [-0.1, -0.05) is 121 Å². The largest absolute Gasteiger partial charge is 0.454 e. The third-order valence-corrected chi connectivity index (χ3v) is 8.60. The molecule has 212 valence electrons. The first-order valence-electron chi connectivity index (χ1n) is 15.0. The normalized spacial score (nSPS) is 14.9. The Kier molecular flexibility index (Phi) is 5.81. The maximum atomic E-state index is 6.27. The Morgan fingerprint density at radius 2 is 1.22 bits per heavy atom. The van der Waals surface area contributed by atoms with Crippen LogP contribution in [0.4, 0.5) is 0 Å². The first-order chi connectivity index (χ1) is 22.3. The molecule has 3 heterocycles. The fourth-order valence-electron chi connectivity index (χ4n) is 6.38. The first-order valence-corrected chi connectivity index (χ1v) is 15.0. The lowest BCUT2D eigenvalue weighted by molar-refractivity contribution is 0.667. The molecule has 45 heavy (non-hydrogen) atoms. The summed E-state index contributed by atoms with van der Waals surface area (Å²) in [5.74, 6) is 1.61. The highest BCUT2D eigenvalue weighted by Gasteiger charge is 2.22. The minimum atomic E-state index is -0.403. The highest BCUT2D eigenvalue weighted by molar-refractivity contribution is 6.20. The molecule has 8 aromatic rings. The Morgan fingerprint density at radius 3 is 2.07 bits per heavy atom. The zero-order valence-electron chi connectivity index (χ0n) is 24.2. The summed E-state index contributed by atoms with van der Waals surface area (Å²) < 4.78 is 6.27. The van der Waals surface area contributed by atoms with Gasteiger partial charge in [0.25, 0.3) is 0 Å². The van der Waals surface area contributed by atoms with Crippen LogP contribution in [0.25, 0.3) is 54.6 Å². The third-order valence-electron chi connectivity index (χ3n) is 8.60. The van der Waals surface area contributed by atoms with Crippen molar-refractivity contribution in [3.63, 3.8) is 0 Å².